The third kappa shape index (κ3) is 21.9. The molecule has 0 spiro atoms. The van der Waals surface area contributed by atoms with Gasteiger partial charge in [-0.05, 0) is 0 Å². The van der Waals surface area contributed by atoms with E-state index in [1.165, 1.54) is 10.8 Å². The Hall–Kier alpha value is 0.201. The fourth-order valence-corrected chi connectivity index (χ4v) is 0.520. The van der Waals surface area contributed by atoms with Gasteiger partial charge in [-0.2, -0.15) is 10.5 Å². The molecule has 0 amide bonds. The average Bonchev–Trinajstić information content (AvgIpc) is 2.24. The Bertz CT molecular complexity index is 288. The van der Waals surface area contributed by atoms with Crippen LogP contribution in [0.1, 0.15) is 0 Å². The van der Waals surface area contributed by atoms with Crippen LogP contribution in [0.3, 0.4) is 0 Å². The van der Waals surface area contributed by atoms with E-state index in [9.17, 15) is 0 Å². The molecule has 0 aliphatic carbocycles. The van der Waals surface area contributed by atoms with Gasteiger partial charge < -0.3 is 28.2 Å². The second-order valence-corrected chi connectivity index (χ2v) is 2.52. The Labute approximate surface area is 147 Å². The zero-order valence-electron chi connectivity index (χ0n) is 8.22. The Morgan fingerprint density at radius 2 is 1.53 bits per heavy atom. The number of carboxylic acids is 2. The van der Waals surface area contributed by atoms with Gasteiger partial charge in [0.05, 0.1) is 24.1 Å². The predicted octanol–water partition coefficient (Wildman–Crippen LogP) is -4.92. The molecule has 0 unspecified atom stereocenters. The van der Waals surface area contributed by atoms with E-state index in [2.05, 4.69) is 8.20 Å². The average molecular weight is 304 g/mol. The molecular formula is C4H2BKN2O7S2. The number of hydrogen-bond acceptors (Lipinski definition) is 10. The van der Waals surface area contributed by atoms with Crippen molar-refractivity contribution in [2.75, 3.05) is 0 Å². The summed E-state index contributed by atoms with van der Waals surface area (Å²) in [6.45, 7) is 0. The minimum Gasteiger partial charge on any atom is -0.539 e. The molecule has 86 valence electrons. The van der Waals surface area contributed by atoms with Crippen molar-refractivity contribution in [2.45, 2.75) is 0 Å². The Morgan fingerprint density at radius 1 is 1.24 bits per heavy atom. The molecule has 0 saturated carbocycles. The summed E-state index contributed by atoms with van der Waals surface area (Å²) in [7, 11) is -1.55. The van der Waals surface area contributed by atoms with E-state index < -0.39 is 19.3 Å². The molecule has 0 atom stereocenters. The van der Waals surface area contributed by atoms with Crippen LogP contribution in [0.2, 0.25) is 0 Å². The predicted molar refractivity (Wildman–Crippen MR) is 49.2 cm³/mol. The van der Waals surface area contributed by atoms with Crippen LogP contribution in [0, 0.1) is 21.3 Å². The molecule has 0 aliphatic rings. The number of carbonyl (C=O) groups excluding carboxylic acids is 1. The number of nitrogens with zero attached hydrogens (tertiary/aromatic N) is 2. The van der Waals surface area contributed by atoms with Gasteiger partial charge in [-0.15, -0.1) is 0 Å². The van der Waals surface area contributed by atoms with Crippen molar-refractivity contribution in [3.8, 4) is 10.8 Å². The molecule has 0 aliphatic heterocycles. The van der Waals surface area contributed by atoms with Gasteiger partial charge in [-0.3, -0.25) is 0 Å². The molecule has 0 aromatic rings. The van der Waals surface area contributed by atoms with E-state index in [1.807, 2.05) is 0 Å². The summed E-state index contributed by atoms with van der Waals surface area (Å²) >= 11 is 0.749. The minimum absolute atomic E-state index is 0. The first-order valence-corrected chi connectivity index (χ1v) is 4.49. The van der Waals surface area contributed by atoms with E-state index in [1.54, 1.807) is 0 Å². The van der Waals surface area contributed by atoms with Crippen molar-refractivity contribution < 1.29 is 84.4 Å². The first-order chi connectivity index (χ1) is 7.45. The van der Waals surface area contributed by atoms with E-state index >= 15 is 0 Å². The molecule has 0 aromatic carbocycles. The van der Waals surface area contributed by atoms with Gasteiger partial charge in [0, 0.05) is 0 Å². The summed E-state index contributed by atoms with van der Waals surface area (Å²) in [5.41, 5.74) is 0. The van der Waals surface area contributed by atoms with Crippen LogP contribution in [-0.4, -0.2) is 29.4 Å². The number of thiocyanates is 2. The van der Waals surface area contributed by atoms with Gasteiger partial charge in [0.15, 0.2) is 16.8 Å². The van der Waals surface area contributed by atoms with Crippen molar-refractivity contribution in [3.05, 3.63) is 0 Å². The summed E-state index contributed by atoms with van der Waals surface area (Å²) in [5, 5.41) is 43.7. The van der Waals surface area contributed by atoms with Crippen molar-refractivity contribution in [1.82, 2.24) is 0 Å². The van der Waals surface area contributed by atoms with Crippen LogP contribution in [0.15, 0.2) is 0 Å². The Balaban J connectivity index is -0.000000244. The molecule has 13 heteroatoms. The Kier molecular flexibility index (Phi) is 21.3. The van der Waals surface area contributed by atoms with Crippen molar-refractivity contribution in [1.29, 1.82) is 10.5 Å². The first kappa shape index (κ1) is 22.4. The number of carbonyl (C=O) groups is 2. The van der Waals surface area contributed by atoms with Gasteiger partial charge in [0.2, 0.25) is 0 Å². The van der Waals surface area contributed by atoms with Crippen LogP contribution in [-0.2, 0) is 17.8 Å². The van der Waals surface area contributed by atoms with Crippen molar-refractivity contribution >= 4 is 43.3 Å². The van der Waals surface area contributed by atoms with Crippen molar-refractivity contribution in [3.63, 3.8) is 0 Å². The number of nitriles is 2. The smallest absolute Gasteiger partial charge is 0.539 e. The van der Waals surface area contributed by atoms with E-state index in [4.69, 9.17) is 35.3 Å². The molecule has 0 bridgehead atoms. The van der Waals surface area contributed by atoms with Gasteiger partial charge in [-0.25, -0.2) is 4.79 Å². The van der Waals surface area contributed by atoms with Gasteiger partial charge >= 0.3 is 64.7 Å². The van der Waals surface area contributed by atoms with Crippen molar-refractivity contribution in [2.24, 2.45) is 0 Å². The summed E-state index contributed by atoms with van der Waals surface area (Å²) in [4.78, 5) is 18.0. The molecule has 17 heavy (non-hydrogen) atoms. The summed E-state index contributed by atoms with van der Waals surface area (Å²) in [6.07, 6.45) is 0. The third-order valence-electron chi connectivity index (χ3n) is 0.510. The van der Waals surface area contributed by atoms with Gasteiger partial charge in [0.1, 0.15) is 0 Å². The van der Waals surface area contributed by atoms with Crippen LogP contribution in [0.5, 0.6) is 0 Å². The molecular weight excluding hydrogens is 302 g/mol. The largest absolute Gasteiger partial charge is 1.00 e. The normalized spacial score (nSPS) is 7.24. The number of rotatable bonds is 4. The topological polar surface area (TPSA) is 164 Å². The quantitative estimate of drug-likeness (QED) is 0.221. The fraction of sp³-hybridized carbons (Fsp3) is 0. The Morgan fingerprint density at radius 3 is 1.71 bits per heavy atom. The molecule has 0 saturated heterocycles. The monoisotopic (exact) mass is 304 g/mol. The van der Waals surface area contributed by atoms with Gasteiger partial charge in [-0.1, -0.05) is 0 Å². The zero-order chi connectivity index (χ0) is 13.0. The number of carboxylic acid groups (broad SMARTS) is 2. The minimum atomic E-state index is -2.07. The summed E-state index contributed by atoms with van der Waals surface area (Å²) in [6, 6.07) is 0. The second kappa shape index (κ2) is 16.2. The number of aliphatic carboxylic acids is 2. The standard InChI is InChI=1S/C2HBN2O3S2.C2H2O4.K/c4-1-9-7-3(6)8-10-2-5;3-1(4)2(5)6;/h6H;(H,3,4)(H,5,6);/q;;+1/p-1. The molecule has 0 radical (unpaired) electrons. The second-order valence-electron chi connectivity index (χ2n) is 1.44. The molecule has 0 fully saturated rings. The summed E-state index contributed by atoms with van der Waals surface area (Å²) < 4.78 is 8.42. The zero-order valence-corrected chi connectivity index (χ0v) is 13.0. The van der Waals surface area contributed by atoms with Crippen LogP contribution >= 0.6 is 24.1 Å². The molecule has 0 rings (SSSR count). The van der Waals surface area contributed by atoms with E-state index in [0.29, 0.717) is 24.1 Å². The van der Waals surface area contributed by atoms with Gasteiger partial charge in [0.25, 0.3) is 0 Å². The number of hydrogen-bond donors (Lipinski definition) is 2. The molecule has 0 heterocycles. The maximum absolute atomic E-state index is 9.04. The van der Waals surface area contributed by atoms with Crippen LogP contribution < -0.4 is 56.5 Å². The van der Waals surface area contributed by atoms with E-state index in [0.717, 1.165) is 0 Å². The SMILES string of the molecule is N#CSOB(O)OSC#N.O=C([O-])C(=O)O.[K+]. The fourth-order valence-electron chi connectivity index (χ4n) is 0.141. The maximum atomic E-state index is 9.04. The molecule has 2 N–H and O–H groups in total. The van der Waals surface area contributed by atoms with Crippen LogP contribution in [0.4, 0.5) is 0 Å². The molecule has 0 aromatic heterocycles. The maximum Gasteiger partial charge on any atom is 1.00 e. The first-order valence-electron chi connectivity index (χ1n) is 3.00. The molecule has 9 nitrogen and oxygen atoms in total. The van der Waals surface area contributed by atoms with Crippen LogP contribution in [0.25, 0.3) is 0 Å². The third-order valence-corrected chi connectivity index (χ3v) is 1.18. The summed E-state index contributed by atoms with van der Waals surface area (Å²) in [5.74, 6) is -4.01. The van der Waals surface area contributed by atoms with E-state index in [-0.39, 0.29) is 51.4 Å².